The van der Waals surface area contributed by atoms with Crippen LogP contribution in [0.4, 0.5) is 4.79 Å². The van der Waals surface area contributed by atoms with Gasteiger partial charge in [-0.15, -0.1) is 0 Å². The van der Waals surface area contributed by atoms with Crippen LogP contribution in [0.2, 0.25) is 0 Å². The van der Waals surface area contributed by atoms with Crippen molar-refractivity contribution in [2.24, 2.45) is 0 Å². The Kier molecular flexibility index (Phi) is 6.51. The number of amides is 1. The summed E-state index contributed by atoms with van der Waals surface area (Å²) in [6.45, 7) is 13.4. The van der Waals surface area contributed by atoms with Crippen molar-refractivity contribution in [1.29, 1.82) is 0 Å². The fraction of sp³-hybridized carbons (Fsp3) is 0.941. The molecule has 1 fully saturated rings. The van der Waals surface area contributed by atoms with Gasteiger partial charge in [-0.2, -0.15) is 0 Å². The van der Waals surface area contributed by atoms with Crippen LogP contribution in [0.3, 0.4) is 0 Å². The van der Waals surface area contributed by atoms with E-state index in [1.807, 2.05) is 25.7 Å². The monoisotopic (exact) mass is 298 g/mol. The van der Waals surface area contributed by atoms with Gasteiger partial charge in [-0.05, 0) is 54.4 Å². The lowest BCUT2D eigenvalue weighted by Crippen LogP contribution is -2.51. The van der Waals surface area contributed by atoms with Gasteiger partial charge in [0.05, 0.1) is 0 Å². The maximum atomic E-state index is 12.4. The van der Waals surface area contributed by atoms with Crippen molar-refractivity contribution in [1.82, 2.24) is 10.2 Å². The van der Waals surface area contributed by atoms with E-state index in [4.69, 9.17) is 4.74 Å². The highest BCUT2D eigenvalue weighted by Crippen LogP contribution is 2.19. The lowest BCUT2D eigenvalue weighted by molar-refractivity contribution is 0.00639. The lowest BCUT2D eigenvalue weighted by Gasteiger charge is -2.37. The van der Waals surface area contributed by atoms with Crippen molar-refractivity contribution < 1.29 is 9.53 Å². The third-order valence-corrected chi connectivity index (χ3v) is 3.80. The molecule has 4 heteroatoms. The number of nitrogens with one attached hydrogen (secondary N) is 1. The summed E-state index contributed by atoms with van der Waals surface area (Å²) < 4.78 is 5.53. The van der Waals surface area contributed by atoms with Gasteiger partial charge in [0.15, 0.2) is 0 Å². The largest absolute Gasteiger partial charge is 0.444 e. The second-order valence-corrected chi connectivity index (χ2v) is 8.09. The summed E-state index contributed by atoms with van der Waals surface area (Å²) in [4.78, 5) is 14.2. The molecule has 0 aromatic rings. The van der Waals surface area contributed by atoms with Crippen LogP contribution in [0.15, 0.2) is 0 Å². The first-order valence-corrected chi connectivity index (χ1v) is 8.33. The molecular weight excluding hydrogens is 264 g/mol. The Balaban J connectivity index is 2.48. The normalized spacial score (nSPS) is 17.6. The maximum Gasteiger partial charge on any atom is 0.410 e. The summed E-state index contributed by atoms with van der Waals surface area (Å²) in [5.74, 6) is 0. The summed E-state index contributed by atoms with van der Waals surface area (Å²) in [6, 6.07) is 0.624. The first-order chi connectivity index (χ1) is 9.59. The summed E-state index contributed by atoms with van der Waals surface area (Å²) >= 11 is 0. The number of hydrogen-bond donors (Lipinski definition) is 1. The van der Waals surface area contributed by atoms with E-state index in [1.54, 1.807) is 0 Å². The van der Waals surface area contributed by atoms with Crippen molar-refractivity contribution in [2.75, 3.05) is 13.1 Å². The predicted octanol–water partition coefficient (Wildman–Crippen LogP) is 3.94. The van der Waals surface area contributed by atoms with Crippen molar-refractivity contribution in [2.45, 2.75) is 90.8 Å². The van der Waals surface area contributed by atoms with Gasteiger partial charge in [-0.3, -0.25) is 0 Å². The van der Waals surface area contributed by atoms with E-state index in [0.29, 0.717) is 12.6 Å². The Hall–Kier alpha value is -0.770. The molecule has 0 saturated heterocycles. The molecule has 0 bridgehead atoms. The van der Waals surface area contributed by atoms with E-state index in [-0.39, 0.29) is 11.6 Å². The van der Waals surface area contributed by atoms with Gasteiger partial charge in [-0.25, -0.2) is 4.79 Å². The Morgan fingerprint density at radius 1 is 1.10 bits per heavy atom. The topological polar surface area (TPSA) is 41.6 Å². The molecular formula is C17H34N2O2. The summed E-state index contributed by atoms with van der Waals surface area (Å²) in [7, 11) is 0. The zero-order valence-electron chi connectivity index (χ0n) is 14.8. The van der Waals surface area contributed by atoms with Crippen LogP contribution >= 0.6 is 0 Å². The Morgan fingerprint density at radius 3 is 2.14 bits per heavy atom. The standard InChI is InChI=1S/C17H34N2O2/c1-16(2,3)19(15(20)21-17(4,5)6)13-12-18-14-10-8-7-9-11-14/h14,18H,7-13H2,1-6H3. The fourth-order valence-electron chi connectivity index (χ4n) is 2.70. The zero-order chi connectivity index (χ0) is 16.1. The van der Waals surface area contributed by atoms with E-state index in [0.717, 1.165) is 6.54 Å². The smallest absolute Gasteiger partial charge is 0.410 e. The molecule has 0 aromatic heterocycles. The molecule has 1 saturated carbocycles. The summed E-state index contributed by atoms with van der Waals surface area (Å²) in [6.07, 6.45) is 6.33. The van der Waals surface area contributed by atoms with Crippen molar-refractivity contribution >= 4 is 6.09 Å². The molecule has 0 unspecified atom stereocenters. The van der Waals surface area contributed by atoms with Gasteiger partial charge in [0.1, 0.15) is 5.60 Å². The number of carbonyl (C=O) groups excluding carboxylic acids is 1. The van der Waals surface area contributed by atoms with Crippen LogP contribution in [0.1, 0.15) is 73.6 Å². The Morgan fingerprint density at radius 2 is 1.67 bits per heavy atom. The SMILES string of the molecule is CC(C)(C)OC(=O)N(CCNC1CCCCC1)C(C)(C)C. The van der Waals surface area contributed by atoms with Gasteiger partial charge in [0.25, 0.3) is 0 Å². The molecule has 0 radical (unpaired) electrons. The van der Waals surface area contributed by atoms with Crippen molar-refractivity contribution in [3.05, 3.63) is 0 Å². The summed E-state index contributed by atoms with van der Waals surface area (Å²) in [5.41, 5.74) is -0.673. The molecule has 1 amide bonds. The highest BCUT2D eigenvalue weighted by molar-refractivity contribution is 5.69. The molecule has 1 aliphatic rings. The number of ether oxygens (including phenoxy) is 1. The molecule has 0 spiro atoms. The van der Waals surface area contributed by atoms with Gasteiger partial charge >= 0.3 is 6.09 Å². The molecule has 1 N–H and O–H groups in total. The lowest BCUT2D eigenvalue weighted by atomic mass is 9.95. The van der Waals surface area contributed by atoms with E-state index >= 15 is 0 Å². The van der Waals surface area contributed by atoms with Crippen molar-refractivity contribution in [3.8, 4) is 0 Å². The maximum absolute atomic E-state index is 12.4. The minimum Gasteiger partial charge on any atom is -0.444 e. The van der Waals surface area contributed by atoms with Crippen LogP contribution in [0.25, 0.3) is 0 Å². The van der Waals surface area contributed by atoms with E-state index in [9.17, 15) is 4.79 Å². The highest BCUT2D eigenvalue weighted by Gasteiger charge is 2.30. The van der Waals surface area contributed by atoms with E-state index in [1.165, 1.54) is 32.1 Å². The molecule has 0 aromatic carbocycles. The highest BCUT2D eigenvalue weighted by atomic mass is 16.6. The first kappa shape index (κ1) is 18.3. The summed E-state index contributed by atoms with van der Waals surface area (Å²) in [5, 5.41) is 3.59. The van der Waals surface area contributed by atoms with Crippen LogP contribution in [-0.4, -0.2) is 41.3 Å². The second-order valence-electron chi connectivity index (χ2n) is 8.09. The number of nitrogens with zero attached hydrogens (tertiary/aromatic N) is 1. The van der Waals surface area contributed by atoms with Gasteiger partial charge in [0.2, 0.25) is 0 Å². The third-order valence-electron chi connectivity index (χ3n) is 3.80. The molecule has 124 valence electrons. The quantitative estimate of drug-likeness (QED) is 0.854. The molecule has 1 aliphatic carbocycles. The molecule has 0 aliphatic heterocycles. The zero-order valence-corrected chi connectivity index (χ0v) is 14.8. The average Bonchev–Trinajstić information content (AvgIpc) is 2.32. The fourth-order valence-corrected chi connectivity index (χ4v) is 2.70. The number of hydrogen-bond acceptors (Lipinski definition) is 3. The van der Waals surface area contributed by atoms with Gasteiger partial charge < -0.3 is 15.0 Å². The molecule has 1 rings (SSSR count). The third kappa shape index (κ3) is 7.16. The van der Waals surface area contributed by atoms with Gasteiger partial charge in [0, 0.05) is 24.7 Å². The molecule has 0 heterocycles. The number of carbonyl (C=O) groups is 1. The van der Waals surface area contributed by atoms with Crippen molar-refractivity contribution in [3.63, 3.8) is 0 Å². The average molecular weight is 298 g/mol. The Labute approximate surface area is 130 Å². The number of rotatable bonds is 4. The minimum absolute atomic E-state index is 0.222. The molecule has 21 heavy (non-hydrogen) atoms. The van der Waals surface area contributed by atoms with Crippen LogP contribution < -0.4 is 5.32 Å². The van der Waals surface area contributed by atoms with E-state index < -0.39 is 5.60 Å². The predicted molar refractivity (Wildman–Crippen MR) is 87.6 cm³/mol. The first-order valence-electron chi connectivity index (χ1n) is 8.33. The Bertz CT molecular complexity index is 323. The van der Waals surface area contributed by atoms with Crippen LogP contribution in [-0.2, 0) is 4.74 Å². The molecule has 0 atom stereocenters. The van der Waals surface area contributed by atoms with Crippen LogP contribution in [0.5, 0.6) is 0 Å². The minimum atomic E-state index is -0.447. The van der Waals surface area contributed by atoms with Crippen LogP contribution in [0, 0.1) is 0 Å². The molecule has 4 nitrogen and oxygen atoms in total. The second kappa shape index (κ2) is 7.48. The van der Waals surface area contributed by atoms with Gasteiger partial charge in [-0.1, -0.05) is 19.3 Å². The van der Waals surface area contributed by atoms with E-state index in [2.05, 4.69) is 26.1 Å².